The van der Waals surface area contributed by atoms with Gasteiger partial charge >= 0.3 is 0 Å². The van der Waals surface area contributed by atoms with Crippen LogP contribution in [-0.2, 0) is 6.42 Å². The maximum Gasteiger partial charge on any atom is 0.161 e. The third-order valence-corrected chi connectivity index (χ3v) is 2.21. The van der Waals surface area contributed by atoms with Crippen molar-refractivity contribution in [3.63, 3.8) is 0 Å². The van der Waals surface area contributed by atoms with E-state index in [1.165, 1.54) is 5.56 Å². The van der Waals surface area contributed by atoms with Crippen LogP contribution in [0.25, 0.3) is 0 Å². The summed E-state index contributed by atoms with van der Waals surface area (Å²) >= 11 is 0. The molecule has 0 fully saturated rings. The molecular weight excluding hydrogens is 178 g/mol. The van der Waals surface area contributed by atoms with Gasteiger partial charge in [-0.15, -0.1) is 0 Å². The Bertz CT molecular complexity index is 310. The fourth-order valence-electron chi connectivity index (χ4n) is 1.39. The van der Waals surface area contributed by atoms with E-state index in [2.05, 4.69) is 5.32 Å². The van der Waals surface area contributed by atoms with Gasteiger partial charge in [0.05, 0.1) is 7.11 Å². The SMILES string of the molecule is CNCCc1cc(C)c(O)c(OC)c1. The van der Waals surface area contributed by atoms with Crippen LogP contribution < -0.4 is 10.1 Å². The molecule has 0 unspecified atom stereocenters. The minimum atomic E-state index is 0.237. The van der Waals surface area contributed by atoms with Crippen LogP contribution in [0.3, 0.4) is 0 Å². The molecule has 0 heterocycles. The summed E-state index contributed by atoms with van der Waals surface area (Å²) in [6.45, 7) is 2.80. The smallest absolute Gasteiger partial charge is 0.161 e. The van der Waals surface area contributed by atoms with Gasteiger partial charge in [0.2, 0.25) is 0 Å². The van der Waals surface area contributed by atoms with E-state index >= 15 is 0 Å². The van der Waals surface area contributed by atoms with E-state index in [0.29, 0.717) is 5.75 Å². The van der Waals surface area contributed by atoms with Crippen LogP contribution in [0.4, 0.5) is 0 Å². The standard InChI is InChI=1S/C11H17NO2/c1-8-6-9(4-5-12-2)7-10(14-3)11(8)13/h6-7,12-13H,4-5H2,1-3H3. The predicted molar refractivity (Wildman–Crippen MR) is 57.0 cm³/mol. The van der Waals surface area contributed by atoms with E-state index < -0.39 is 0 Å². The molecule has 0 bridgehead atoms. The van der Waals surface area contributed by atoms with E-state index in [0.717, 1.165) is 18.5 Å². The first-order valence-corrected chi connectivity index (χ1v) is 4.70. The first kappa shape index (κ1) is 10.9. The number of methoxy groups -OCH3 is 1. The van der Waals surface area contributed by atoms with Crippen LogP contribution in [-0.4, -0.2) is 25.8 Å². The number of phenols is 1. The van der Waals surface area contributed by atoms with Gasteiger partial charge in [0.15, 0.2) is 11.5 Å². The van der Waals surface area contributed by atoms with Crippen LogP contribution in [0.15, 0.2) is 12.1 Å². The summed E-state index contributed by atoms with van der Waals surface area (Å²) in [6.07, 6.45) is 0.938. The molecule has 14 heavy (non-hydrogen) atoms. The zero-order chi connectivity index (χ0) is 10.6. The second-order valence-corrected chi connectivity index (χ2v) is 3.32. The number of aromatic hydroxyl groups is 1. The average Bonchev–Trinajstić information content (AvgIpc) is 2.19. The molecule has 0 radical (unpaired) electrons. The number of nitrogens with one attached hydrogen (secondary N) is 1. The lowest BCUT2D eigenvalue weighted by Crippen LogP contribution is -2.10. The Balaban J connectivity index is 2.91. The maximum atomic E-state index is 9.61. The quantitative estimate of drug-likeness (QED) is 0.764. The number of benzene rings is 1. The number of rotatable bonds is 4. The molecular formula is C11H17NO2. The summed E-state index contributed by atoms with van der Waals surface area (Å²) in [5.74, 6) is 0.789. The van der Waals surface area contributed by atoms with Crippen LogP contribution in [0, 0.1) is 6.92 Å². The zero-order valence-corrected chi connectivity index (χ0v) is 8.92. The van der Waals surface area contributed by atoms with Gasteiger partial charge in [-0.3, -0.25) is 0 Å². The highest BCUT2D eigenvalue weighted by Gasteiger charge is 2.06. The van der Waals surface area contributed by atoms with E-state index in [4.69, 9.17) is 4.74 Å². The molecule has 0 atom stereocenters. The van der Waals surface area contributed by atoms with Crippen LogP contribution >= 0.6 is 0 Å². The van der Waals surface area contributed by atoms with E-state index in [1.54, 1.807) is 7.11 Å². The van der Waals surface area contributed by atoms with Gasteiger partial charge in [-0.1, -0.05) is 6.07 Å². The Hall–Kier alpha value is -1.22. The number of hydrogen-bond donors (Lipinski definition) is 2. The molecule has 0 saturated heterocycles. The highest BCUT2D eigenvalue weighted by atomic mass is 16.5. The van der Waals surface area contributed by atoms with Gasteiger partial charge < -0.3 is 15.2 Å². The Morgan fingerprint density at radius 1 is 1.43 bits per heavy atom. The zero-order valence-electron chi connectivity index (χ0n) is 8.92. The van der Waals surface area contributed by atoms with Crippen molar-refractivity contribution in [1.29, 1.82) is 0 Å². The molecule has 0 spiro atoms. The van der Waals surface area contributed by atoms with E-state index in [-0.39, 0.29) is 5.75 Å². The number of ether oxygens (including phenoxy) is 1. The van der Waals surface area contributed by atoms with Gasteiger partial charge in [-0.25, -0.2) is 0 Å². The number of aryl methyl sites for hydroxylation is 1. The molecule has 1 aromatic rings. The molecule has 0 aromatic heterocycles. The summed E-state index contributed by atoms with van der Waals surface area (Å²) in [4.78, 5) is 0. The molecule has 0 amide bonds. The van der Waals surface area contributed by atoms with Crippen molar-refractivity contribution in [2.24, 2.45) is 0 Å². The van der Waals surface area contributed by atoms with Crippen molar-refractivity contribution >= 4 is 0 Å². The third-order valence-electron chi connectivity index (χ3n) is 2.21. The average molecular weight is 195 g/mol. The monoisotopic (exact) mass is 195 g/mol. The molecule has 0 aliphatic heterocycles. The van der Waals surface area contributed by atoms with Crippen LogP contribution in [0.5, 0.6) is 11.5 Å². The van der Waals surface area contributed by atoms with Gasteiger partial charge in [0.1, 0.15) is 0 Å². The second kappa shape index (κ2) is 4.86. The minimum Gasteiger partial charge on any atom is -0.504 e. The number of phenolic OH excluding ortho intramolecular Hbond substituents is 1. The Kier molecular flexibility index (Phi) is 3.77. The fourth-order valence-corrected chi connectivity index (χ4v) is 1.39. The molecule has 0 aliphatic carbocycles. The normalized spacial score (nSPS) is 10.2. The number of likely N-dealkylation sites (N-methyl/N-ethyl adjacent to an activating group) is 1. The van der Waals surface area contributed by atoms with E-state index in [1.807, 2.05) is 26.1 Å². The summed E-state index contributed by atoms with van der Waals surface area (Å²) in [7, 11) is 3.49. The van der Waals surface area contributed by atoms with Crippen LogP contribution in [0.1, 0.15) is 11.1 Å². The molecule has 2 N–H and O–H groups in total. The Labute approximate surface area is 84.7 Å². The first-order chi connectivity index (χ1) is 6.69. The van der Waals surface area contributed by atoms with Gasteiger partial charge in [-0.05, 0) is 44.1 Å². The molecule has 0 saturated carbocycles. The lowest BCUT2D eigenvalue weighted by atomic mass is 10.1. The highest BCUT2D eigenvalue weighted by Crippen LogP contribution is 2.30. The molecule has 78 valence electrons. The van der Waals surface area contributed by atoms with Crippen molar-refractivity contribution < 1.29 is 9.84 Å². The van der Waals surface area contributed by atoms with Gasteiger partial charge in [0, 0.05) is 0 Å². The van der Waals surface area contributed by atoms with E-state index in [9.17, 15) is 5.11 Å². The largest absolute Gasteiger partial charge is 0.504 e. The van der Waals surface area contributed by atoms with Crippen molar-refractivity contribution in [1.82, 2.24) is 5.32 Å². The Morgan fingerprint density at radius 3 is 2.71 bits per heavy atom. The highest BCUT2D eigenvalue weighted by molar-refractivity contribution is 5.47. The lowest BCUT2D eigenvalue weighted by Gasteiger charge is -2.09. The van der Waals surface area contributed by atoms with Gasteiger partial charge in [0.25, 0.3) is 0 Å². The fraction of sp³-hybridized carbons (Fsp3) is 0.455. The van der Waals surface area contributed by atoms with Crippen molar-refractivity contribution in [3.8, 4) is 11.5 Å². The van der Waals surface area contributed by atoms with Crippen LogP contribution in [0.2, 0.25) is 0 Å². The first-order valence-electron chi connectivity index (χ1n) is 4.70. The molecule has 3 heteroatoms. The third kappa shape index (κ3) is 2.39. The predicted octanol–water partition coefficient (Wildman–Crippen LogP) is 1.47. The maximum absolute atomic E-state index is 9.61. The number of hydrogen-bond acceptors (Lipinski definition) is 3. The molecule has 1 rings (SSSR count). The van der Waals surface area contributed by atoms with Crippen molar-refractivity contribution in [2.75, 3.05) is 20.7 Å². The van der Waals surface area contributed by atoms with Crippen molar-refractivity contribution in [2.45, 2.75) is 13.3 Å². The topological polar surface area (TPSA) is 41.5 Å². The van der Waals surface area contributed by atoms with Crippen molar-refractivity contribution in [3.05, 3.63) is 23.3 Å². The summed E-state index contributed by atoms with van der Waals surface area (Å²) in [5.41, 5.74) is 2.03. The summed E-state index contributed by atoms with van der Waals surface area (Å²) in [5, 5.41) is 12.7. The Morgan fingerprint density at radius 2 is 2.14 bits per heavy atom. The van der Waals surface area contributed by atoms with Gasteiger partial charge in [-0.2, -0.15) is 0 Å². The second-order valence-electron chi connectivity index (χ2n) is 3.32. The lowest BCUT2D eigenvalue weighted by molar-refractivity contribution is 0.371. The molecule has 0 aliphatic rings. The molecule has 3 nitrogen and oxygen atoms in total. The minimum absolute atomic E-state index is 0.237. The molecule has 1 aromatic carbocycles. The summed E-state index contributed by atoms with van der Waals surface area (Å²) < 4.78 is 5.08. The summed E-state index contributed by atoms with van der Waals surface area (Å²) in [6, 6.07) is 3.86.